The van der Waals surface area contributed by atoms with E-state index in [0.717, 1.165) is 5.56 Å². The normalized spacial score (nSPS) is 11.9. The van der Waals surface area contributed by atoms with Crippen molar-refractivity contribution < 1.29 is 13.9 Å². The molecule has 0 fully saturated rings. The Bertz CT molecular complexity index is 581. The molecule has 0 aliphatic rings. The van der Waals surface area contributed by atoms with E-state index in [1.54, 1.807) is 19.1 Å². The van der Waals surface area contributed by atoms with E-state index >= 15 is 0 Å². The van der Waals surface area contributed by atoms with Crippen molar-refractivity contribution in [2.75, 3.05) is 6.61 Å². The number of hydrogen-bond acceptors (Lipinski definition) is 2. The highest BCUT2D eigenvalue weighted by Crippen LogP contribution is 2.30. The van der Waals surface area contributed by atoms with E-state index in [4.69, 9.17) is 4.74 Å². The first-order valence-corrected chi connectivity index (χ1v) is 7.17. The van der Waals surface area contributed by atoms with Gasteiger partial charge < -0.3 is 4.74 Å². The first-order chi connectivity index (χ1) is 10.2. The quantitative estimate of drug-likeness (QED) is 0.740. The van der Waals surface area contributed by atoms with E-state index in [-0.39, 0.29) is 24.1 Å². The molecular weight excluding hydrogens is 267 g/mol. The molecule has 0 aliphatic heterocycles. The van der Waals surface area contributed by atoms with Gasteiger partial charge in [0.2, 0.25) is 0 Å². The Morgan fingerprint density at radius 1 is 1.10 bits per heavy atom. The standard InChI is InChI=1S/C18H19FO2/c1-2-21-18(20)13-12-15(14-8-4-3-5-9-14)16-10-6-7-11-17(16)19/h3-11,15H,2,12-13H2,1H3/t15-/m0/s1. The van der Waals surface area contributed by atoms with Gasteiger partial charge in [0.25, 0.3) is 0 Å². The minimum absolute atomic E-state index is 0.142. The average Bonchev–Trinajstić information content (AvgIpc) is 2.50. The van der Waals surface area contributed by atoms with Gasteiger partial charge in [-0.3, -0.25) is 4.79 Å². The molecule has 2 rings (SSSR count). The second-order valence-corrected chi connectivity index (χ2v) is 4.83. The summed E-state index contributed by atoms with van der Waals surface area (Å²) in [4.78, 5) is 11.6. The van der Waals surface area contributed by atoms with Gasteiger partial charge in [-0.25, -0.2) is 4.39 Å². The van der Waals surface area contributed by atoms with E-state index in [9.17, 15) is 9.18 Å². The summed E-state index contributed by atoms with van der Waals surface area (Å²) >= 11 is 0. The summed E-state index contributed by atoms with van der Waals surface area (Å²) in [7, 11) is 0. The lowest BCUT2D eigenvalue weighted by Gasteiger charge is -2.18. The van der Waals surface area contributed by atoms with Crippen molar-refractivity contribution in [3.63, 3.8) is 0 Å². The van der Waals surface area contributed by atoms with Crippen molar-refractivity contribution in [2.45, 2.75) is 25.7 Å². The predicted octanol–water partition coefficient (Wildman–Crippen LogP) is 4.30. The van der Waals surface area contributed by atoms with Crippen molar-refractivity contribution in [3.05, 3.63) is 71.5 Å². The molecule has 0 bridgehead atoms. The molecule has 0 amide bonds. The number of hydrogen-bond donors (Lipinski definition) is 0. The fourth-order valence-corrected chi connectivity index (χ4v) is 2.44. The maximum atomic E-state index is 14.1. The number of carbonyl (C=O) groups is 1. The van der Waals surface area contributed by atoms with Crippen molar-refractivity contribution >= 4 is 5.97 Å². The molecule has 0 saturated carbocycles. The third-order valence-electron chi connectivity index (χ3n) is 3.43. The molecule has 110 valence electrons. The zero-order chi connectivity index (χ0) is 15.1. The molecule has 0 N–H and O–H groups in total. The third-order valence-corrected chi connectivity index (χ3v) is 3.43. The van der Waals surface area contributed by atoms with Crippen LogP contribution in [0.1, 0.15) is 36.8 Å². The lowest BCUT2D eigenvalue weighted by atomic mass is 9.87. The van der Waals surface area contributed by atoms with Crippen molar-refractivity contribution in [3.8, 4) is 0 Å². The molecule has 0 aliphatic carbocycles. The predicted molar refractivity (Wildman–Crippen MR) is 80.6 cm³/mol. The topological polar surface area (TPSA) is 26.3 Å². The monoisotopic (exact) mass is 286 g/mol. The Hall–Kier alpha value is -2.16. The Labute approximate surface area is 124 Å². The van der Waals surface area contributed by atoms with Gasteiger partial charge >= 0.3 is 5.97 Å². The van der Waals surface area contributed by atoms with Gasteiger partial charge in [-0.1, -0.05) is 48.5 Å². The molecule has 0 unspecified atom stereocenters. The molecule has 0 saturated heterocycles. The fraction of sp³-hybridized carbons (Fsp3) is 0.278. The molecular formula is C18H19FO2. The Kier molecular flexibility index (Phi) is 5.50. The first-order valence-electron chi connectivity index (χ1n) is 7.17. The van der Waals surface area contributed by atoms with Gasteiger partial charge in [0.05, 0.1) is 6.61 Å². The van der Waals surface area contributed by atoms with Crippen LogP contribution in [0.5, 0.6) is 0 Å². The van der Waals surface area contributed by atoms with E-state index < -0.39 is 0 Å². The van der Waals surface area contributed by atoms with Crippen LogP contribution < -0.4 is 0 Å². The van der Waals surface area contributed by atoms with Crippen molar-refractivity contribution in [2.24, 2.45) is 0 Å². The Morgan fingerprint density at radius 3 is 2.43 bits per heavy atom. The zero-order valence-corrected chi connectivity index (χ0v) is 12.1. The van der Waals surface area contributed by atoms with Gasteiger partial charge in [0, 0.05) is 12.3 Å². The van der Waals surface area contributed by atoms with Crippen LogP contribution >= 0.6 is 0 Å². The molecule has 0 radical (unpaired) electrons. The molecule has 1 atom stereocenters. The number of benzene rings is 2. The second kappa shape index (κ2) is 7.58. The number of ether oxygens (including phenoxy) is 1. The minimum Gasteiger partial charge on any atom is -0.466 e. The Balaban J connectivity index is 2.23. The number of esters is 1. The van der Waals surface area contributed by atoms with Gasteiger partial charge in [-0.15, -0.1) is 0 Å². The third kappa shape index (κ3) is 4.15. The van der Waals surface area contributed by atoms with Crippen LogP contribution in [0.4, 0.5) is 4.39 Å². The summed E-state index contributed by atoms with van der Waals surface area (Å²) in [6.45, 7) is 2.15. The number of carbonyl (C=O) groups excluding carboxylic acids is 1. The van der Waals surface area contributed by atoms with Crippen LogP contribution in [0.15, 0.2) is 54.6 Å². The van der Waals surface area contributed by atoms with Gasteiger partial charge in [0.15, 0.2) is 0 Å². The molecule has 2 nitrogen and oxygen atoms in total. The van der Waals surface area contributed by atoms with Crippen LogP contribution in [0, 0.1) is 5.82 Å². The van der Waals surface area contributed by atoms with Gasteiger partial charge in [-0.05, 0) is 30.5 Å². The number of halogens is 1. The molecule has 21 heavy (non-hydrogen) atoms. The van der Waals surface area contributed by atoms with E-state index in [1.807, 2.05) is 36.4 Å². The van der Waals surface area contributed by atoms with E-state index in [2.05, 4.69) is 0 Å². The lowest BCUT2D eigenvalue weighted by Crippen LogP contribution is -2.09. The molecule has 0 aromatic heterocycles. The van der Waals surface area contributed by atoms with Crippen molar-refractivity contribution in [1.82, 2.24) is 0 Å². The molecule has 0 spiro atoms. The largest absolute Gasteiger partial charge is 0.466 e. The average molecular weight is 286 g/mol. The summed E-state index contributed by atoms with van der Waals surface area (Å²) < 4.78 is 19.0. The lowest BCUT2D eigenvalue weighted by molar-refractivity contribution is -0.143. The molecule has 0 heterocycles. The van der Waals surface area contributed by atoms with Crippen LogP contribution in [-0.2, 0) is 9.53 Å². The number of rotatable bonds is 6. The van der Waals surface area contributed by atoms with Crippen LogP contribution in [0.3, 0.4) is 0 Å². The fourth-order valence-electron chi connectivity index (χ4n) is 2.44. The summed E-state index contributed by atoms with van der Waals surface area (Å²) in [6.07, 6.45) is 0.811. The highest BCUT2D eigenvalue weighted by Gasteiger charge is 2.19. The van der Waals surface area contributed by atoms with Crippen molar-refractivity contribution in [1.29, 1.82) is 0 Å². The molecule has 2 aromatic carbocycles. The van der Waals surface area contributed by atoms with E-state index in [1.165, 1.54) is 6.07 Å². The summed E-state index contributed by atoms with van der Waals surface area (Å²) in [5.41, 5.74) is 1.62. The van der Waals surface area contributed by atoms with Gasteiger partial charge in [-0.2, -0.15) is 0 Å². The SMILES string of the molecule is CCOC(=O)CC[C@@H](c1ccccc1)c1ccccc1F. The first kappa shape index (κ1) is 15.2. The minimum atomic E-state index is -0.241. The van der Waals surface area contributed by atoms with Crippen LogP contribution in [0.2, 0.25) is 0 Å². The maximum absolute atomic E-state index is 14.1. The van der Waals surface area contributed by atoms with Crippen LogP contribution in [-0.4, -0.2) is 12.6 Å². The van der Waals surface area contributed by atoms with E-state index in [0.29, 0.717) is 18.6 Å². The summed E-state index contributed by atoms with van der Waals surface area (Å²) in [6, 6.07) is 16.4. The maximum Gasteiger partial charge on any atom is 0.305 e. The summed E-state index contributed by atoms with van der Waals surface area (Å²) in [5, 5.41) is 0. The highest BCUT2D eigenvalue weighted by molar-refractivity contribution is 5.69. The van der Waals surface area contributed by atoms with Crippen LogP contribution in [0.25, 0.3) is 0 Å². The van der Waals surface area contributed by atoms with Gasteiger partial charge in [0.1, 0.15) is 5.82 Å². The zero-order valence-electron chi connectivity index (χ0n) is 12.1. The highest BCUT2D eigenvalue weighted by atomic mass is 19.1. The smallest absolute Gasteiger partial charge is 0.305 e. The second-order valence-electron chi connectivity index (χ2n) is 4.83. The molecule has 3 heteroatoms. The molecule has 2 aromatic rings. The Morgan fingerprint density at radius 2 is 1.76 bits per heavy atom. The summed E-state index contributed by atoms with van der Waals surface area (Å²) in [5.74, 6) is -0.623.